The molecule has 1 aliphatic heterocycles. The van der Waals surface area contributed by atoms with Gasteiger partial charge < -0.3 is 19.8 Å². The van der Waals surface area contributed by atoms with E-state index in [9.17, 15) is 0 Å². The number of hydrogen-bond donors (Lipinski definition) is 2. The number of furan rings is 1. The highest BCUT2D eigenvalue weighted by Gasteiger charge is 2.09. The maximum absolute atomic E-state index is 5.41. The molecule has 0 bridgehead atoms. The zero-order valence-electron chi connectivity index (χ0n) is 17.7. The van der Waals surface area contributed by atoms with E-state index in [0.29, 0.717) is 0 Å². The molecule has 2 heterocycles. The first-order valence-electron chi connectivity index (χ1n) is 10.8. The number of halogens is 1. The maximum atomic E-state index is 5.41. The Kier molecular flexibility index (Phi) is 12.6. The fourth-order valence-electron chi connectivity index (χ4n) is 3.39. The number of nitrogens with zero attached hydrogens (tertiary/aromatic N) is 2. The fraction of sp³-hybridized carbons (Fsp3) is 0.522. The van der Waals surface area contributed by atoms with Gasteiger partial charge in [-0.2, -0.15) is 0 Å². The topological polar surface area (TPSA) is 62.0 Å². The second kappa shape index (κ2) is 15.3. The monoisotopic (exact) mass is 526 g/mol. The molecule has 0 radical (unpaired) electrons. The minimum Gasteiger partial charge on any atom is -0.469 e. The standard InChI is InChI=1S/C23H34N4O2.HI/c1-2-7-21(8-3-1)9-4-12-24-23(26-14-11-22-10-5-18-29-22)25-13-6-15-27-16-19-28-20-17-27;/h1-3,5,7-8,10,18H,4,6,9,11-17,19-20H2,(H2,24,25,26);1H. The molecule has 2 N–H and O–H groups in total. The van der Waals surface area contributed by atoms with Crippen LogP contribution in [-0.2, 0) is 17.6 Å². The zero-order valence-corrected chi connectivity index (χ0v) is 20.1. The summed E-state index contributed by atoms with van der Waals surface area (Å²) in [5.41, 5.74) is 1.37. The number of hydrogen-bond acceptors (Lipinski definition) is 4. The Morgan fingerprint density at radius 1 is 0.933 bits per heavy atom. The van der Waals surface area contributed by atoms with Crippen molar-refractivity contribution >= 4 is 29.9 Å². The van der Waals surface area contributed by atoms with Gasteiger partial charge >= 0.3 is 0 Å². The molecule has 0 aliphatic carbocycles. The first-order chi connectivity index (χ1) is 14.4. The highest BCUT2D eigenvalue weighted by molar-refractivity contribution is 14.0. The molecule has 6 nitrogen and oxygen atoms in total. The summed E-state index contributed by atoms with van der Waals surface area (Å²) in [7, 11) is 0. The van der Waals surface area contributed by atoms with Gasteiger partial charge in [0.05, 0.1) is 19.5 Å². The van der Waals surface area contributed by atoms with Crippen molar-refractivity contribution in [1.29, 1.82) is 0 Å². The lowest BCUT2D eigenvalue weighted by Crippen LogP contribution is -2.41. The first-order valence-corrected chi connectivity index (χ1v) is 10.8. The van der Waals surface area contributed by atoms with Crippen LogP contribution in [0.4, 0.5) is 0 Å². The van der Waals surface area contributed by atoms with Gasteiger partial charge in [0.25, 0.3) is 0 Å². The molecule has 1 aliphatic rings. The molecule has 0 atom stereocenters. The number of ether oxygens (including phenoxy) is 1. The smallest absolute Gasteiger partial charge is 0.191 e. The summed E-state index contributed by atoms with van der Waals surface area (Å²) in [5, 5.41) is 6.93. The van der Waals surface area contributed by atoms with Gasteiger partial charge in [0.15, 0.2) is 5.96 Å². The first kappa shape index (κ1) is 24.7. The van der Waals surface area contributed by atoms with Crippen molar-refractivity contribution in [3.63, 3.8) is 0 Å². The van der Waals surface area contributed by atoms with Gasteiger partial charge in [0, 0.05) is 39.1 Å². The second-order valence-corrected chi connectivity index (χ2v) is 7.31. The van der Waals surface area contributed by atoms with Crippen molar-refractivity contribution in [3.8, 4) is 0 Å². The van der Waals surface area contributed by atoms with Crippen LogP contribution in [-0.4, -0.2) is 63.3 Å². The Morgan fingerprint density at radius 3 is 2.50 bits per heavy atom. The van der Waals surface area contributed by atoms with Crippen molar-refractivity contribution in [2.45, 2.75) is 25.7 Å². The van der Waals surface area contributed by atoms with Gasteiger partial charge in [0.2, 0.25) is 0 Å². The normalized spacial score (nSPS) is 14.9. The van der Waals surface area contributed by atoms with E-state index in [4.69, 9.17) is 14.1 Å². The second-order valence-electron chi connectivity index (χ2n) is 7.31. The van der Waals surface area contributed by atoms with Crippen molar-refractivity contribution in [2.75, 3.05) is 52.5 Å². The molecule has 2 aromatic rings. The minimum absolute atomic E-state index is 0. The Bertz CT molecular complexity index is 688. The largest absolute Gasteiger partial charge is 0.469 e. The summed E-state index contributed by atoms with van der Waals surface area (Å²) >= 11 is 0. The van der Waals surface area contributed by atoms with Gasteiger partial charge in [-0.15, -0.1) is 24.0 Å². The van der Waals surface area contributed by atoms with Crippen LogP contribution in [0.1, 0.15) is 24.2 Å². The van der Waals surface area contributed by atoms with E-state index in [1.54, 1.807) is 6.26 Å². The van der Waals surface area contributed by atoms with Crippen LogP contribution < -0.4 is 10.6 Å². The van der Waals surface area contributed by atoms with E-state index in [0.717, 1.165) is 89.9 Å². The van der Waals surface area contributed by atoms with Crippen molar-refractivity contribution < 1.29 is 9.15 Å². The Hall–Kier alpha value is -1.58. The van der Waals surface area contributed by atoms with Crippen LogP contribution in [0.5, 0.6) is 0 Å². The fourth-order valence-corrected chi connectivity index (χ4v) is 3.39. The number of benzene rings is 1. The molecule has 0 spiro atoms. The van der Waals surface area contributed by atoms with Gasteiger partial charge in [-0.1, -0.05) is 30.3 Å². The van der Waals surface area contributed by atoms with E-state index in [2.05, 4.69) is 45.9 Å². The molecule has 166 valence electrons. The third-order valence-electron chi connectivity index (χ3n) is 5.03. The number of nitrogens with one attached hydrogen (secondary N) is 2. The molecule has 7 heteroatoms. The van der Waals surface area contributed by atoms with Crippen LogP contribution in [0, 0.1) is 0 Å². The summed E-state index contributed by atoms with van der Waals surface area (Å²) < 4.78 is 10.8. The van der Waals surface area contributed by atoms with E-state index < -0.39 is 0 Å². The van der Waals surface area contributed by atoms with E-state index in [1.165, 1.54) is 5.56 Å². The molecular formula is C23H35IN4O2. The van der Waals surface area contributed by atoms with E-state index >= 15 is 0 Å². The van der Waals surface area contributed by atoms with Crippen LogP contribution >= 0.6 is 24.0 Å². The number of aliphatic imine (C=N–C) groups is 1. The molecule has 1 saturated heterocycles. The number of rotatable bonds is 11. The zero-order chi connectivity index (χ0) is 20.0. The van der Waals surface area contributed by atoms with E-state index in [-0.39, 0.29) is 24.0 Å². The molecule has 0 amide bonds. The van der Waals surface area contributed by atoms with Crippen LogP contribution in [0.3, 0.4) is 0 Å². The summed E-state index contributed by atoms with van der Waals surface area (Å²) in [6.07, 6.45) is 5.77. The molecule has 0 saturated carbocycles. The van der Waals surface area contributed by atoms with Crippen LogP contribution in [0.25, 0.3) is 0 Å². The Balaban J connectivity index is 0.00000320. The average Bonchev–Trinajstić information content (AvgIpc) is 3.29. The van der Waals surface area contributed by atoms with Crippen LogP contribution in [0.2, 0.25) is 0 Å². The Labute approximate surface area is 197 Å². The SMILES string of the molecule is I.c1ccc(CCCN=C(NCCCN2CCOCC2)NCCc2ccco2)cc1. The average molecular weight is 526 g/mol. The lowest BCUT2D eigenvalue weighted by atomic mass is 10.1. The molecule has 3 rings (SSSR count). The summed E-state index contributed by atoms with van der Waals surface area (Å²) in [6, 6.07) is 14.5. The predicted molar refractivity (Wildman–Crippen MR) is 133 cm³/mol. The van der Waals surface area contributed by atoms with Gasteiger partial charge in [0.1, 0.15) is 5.76 Å². The molecule has 0 unspecified atom stereocenters. The van der Waals surface area contributed by atoms with Gasteiger partial charge in [-0.25, -0.2) is 0 Å². The predicted octanol–water partition coefficient (Wildman–Crippen LogP) is 3.33. The molecular weight excluding hydrogens is 491 g/mol. The number of guanidine groups is 1. The third kappa shape index (κ3) is 9.95. The van der Waals surface area contributed by atoms with Gasteiger partial charge in [-0.3, -0.25) is 9.89 Å². The molecule has 1 fully saturated rings. The molecule has 30 heavy (non-hydrogen) atoms. The van der Waals surface area contributed by atoms with Crippen molar-refractivity contribution in [3.05, 3.63) is 60.1 Å². The minimum atomic E-state index is 0. The maximum Gasteiger partial charge on any atom is 0.191 e. The van der Waals surface area contributed by atoms with Gasteiger partial charge in [-0.05, 0) is 43.5 Å². The summed E-state index contributed by atoms with van der Waals surface area (Å²) in [6.45, 7) is 7.44. The summed E-state index contributed by atoms with van der Waals surface area (Å²) in [5.74, 6) is 1.89. The third-order valence-corrected chi connectivity index (χ3v) is 5.03. The highest BCUT2D eigenvalue weighted by Crippen LogP contribution is 2.03. The van der Waals surface area contributed by atoms with Crippen molar-refractivity contribution in [1.82, 2.24) is 15.5 Å². The number of morpholine rings is 1. The highest BCUT2D eigenvalue weighted by atomic mass is 127. The van der Waals surface area contributed by atoms with Crippen LogP contribution in [0.15, 0.2) is 58.1 Å². The lowest BCUT2D eigenvalue weighted by Gasteiger charge is -2.26. The Morgan fingerprint density at radius 2 is 1.73 bits per heavy atom. The molecule has 1 aromatic heterocycles. The molecule has 1 aromatic carbocycles. The van der Waals surface area contributed by atoms with Crippen molar-refractivity contribution in [2.24, 2.45) is 4.99 Å². The lowest BCUT2D eigenvalue weighted by molar-refractivity contribution is 0.0376. The number of aryl methyl sites for hydroxylation is 1. The quantitative estimate of drug-likeness (QED) is 0.204. The van der Waals surface area contributed by atoms with E-state index in [1.807, 2.05) is 12.1 Å². The summed E-state index contributed by atoms with van der Waals surface area (Å²) in [4.78, 5) is 7.24.